The number of aryl methyl sites for hydroxylation is 1. The van der Waals surface area contributed by atoms with Crippen LogP contribution in [-0.2, 0) is 13.5 Å². The lowest BCUT2D eigenvalue weighted by Gasteiger charge is -2.26. The van der Waals surface area contributed by atoms with Gasteiger partial charge in [0.1, 0.15) is 0 Å². The summed E-state index contributed by atoms with van der Waals surface area (Å²) >= 11 is 0. The van der Waals surface area contributed by atoms with E-state index in [0.717, 1.165) is 24.7 Å². The molecule has 0 radical (unpaired) electrons. The van der Waals surface area contributed by atoms with Gasteiger partial charge in [-0.3, -0.25) is 0 Å². The van der Waals surface area contributed by atoms with Gasteiger partial charge in [-0.2, -0.15) is 4.80 Å². The third kappa shape index (κ3) is 3.77. The number of aromatic nitrogens is 4. The van der Waals surface area contributed by atoms with Crippen LogP contribution in [0.5, 0.6) is 0 Å². The maximum atomic E-state index is 4.29. The van der Waals surface area contributed by atoms with Gasteiger partial charge in [-0.15, -0.1) is 10.2 Å². The van der Waals surface area contributed by atoms with Crippen LogP contribution in [0.1, 0.15) is 45.9 Å². The lowest BCUT2D eigenvalue weighted by Crippen LogP contribution is -2.40. The van der Waals surface area contributed by atoms with Crippen LogP contribution in [0.4, 0.5) is 0 Å². The summed E-state index contributed by atoms with van der Waals surface area (Å²) in [6, 6.07) is 0. The zero-order valence-corrected chi connectivity index (χ0v) is 12.0. The molecule has 2 unspecified atom stereocenters. The normalized spacial score (nSPS) is 24.7. The molecule has 0 aromatic carbocycles. The first kappa shape index (κ1) is 13.5. The van der Waals surface area contributed by atoms with Crippen molar-refractivity contribution in [1.29, 1.82) is 0 Å². The summed E-state index contributed by atoms with van der Waals surface area (Å²) in [6.45, 7) is 7.78. The van der Waals surface area contributed by atoms with Crippen LogP contribution in [0, 0.1) is 11.8 Å². The molecule has 1 aromatic heterocycles. The van der Waals surface area contributed by atoms with E-state index < -0.39 is 0 Å². The fraction of sp³-hybridized carbons (Fsp3) is 0.923. The van der Waals surface area contributed by atoms with Crippen molar-refractivity contribution in [3.63, 3.8) is 0 Å². The fourth-order valence-electron chi connectivity index (χ4n) is 2.73. The smallest absolute Gasteiger partial charge is 0.175 e. The molecule has 1 heterocycles. The van der Waals surface area contributed by atoms with Gasteiger partial charge in [0.05, 0.1) is 7.05 Å². The molecule has 0 saturated heterocycles. The number of tetrazole rings is 1. The number of nitrogens with one attached hydrogen (secondary N) is 1. The van der Waals surface area contributed by atoms with E-state index in [4.69, 9.17) is 0 Å². The Bertz CT molecular complexity index is 379. The molecule has 1 saturated carbocycles. The van der Waals surface area contributed by atoms with Crippen molar-refractivity contribution in [2.45, 2.75) is 52.0 Å². The van der Waals surface area contributed by atoms with Crippen LogP contribution in [0.15, 0.2) is 0 Å². The molecule has 1 aliphatic carbocycles. The van der Waals surface area contributed by atoms with Crippen LogP contribution >= 0.6 is 0 Å². The zero-order valence-electron chi connectivity index (χ0n) is 12.0. The minimum atomic E-state index is 0.206. The van der Waals surface area contributed by atoms with E-state index in [9.17, 15) is 0 Å². The average molecular weight is 251 g/mol. The zero-order chi connectivity index (χ0) is 13.2. The molecule has 0 bridgehead atoms. The summed E-state index contributed by atoms with van der Waals surface area (Å²) in [7, 11) is 1.82. The van der Waals surface area contributed by atoms with Crippen LogP contribution in [0.25, 0.3) is 0 Å². The molecule has 2 rings (SSSR count). The maximum absolute atomic E-state index is 4.29. The second-order valence-electron chi connectivity index (χ2n) is 6.48. The lowest BCUT2D eigenvalue weighted by atomic mass is 9.92. The van der Waals surface area contributed by atoms with Crippen LogP contribution in [0.3, 0.4) is 0 Å². The number of hydrogen-bond acceptors (Lipinski definition) is 4. The first-order chi connectivity index (χ1) is 8.44. The highest BCUT2D eigenvalue weighted by Gasteiger charge is 2.29. The number of hydrogen-bond donors (Lipinski definition) is 1. The van der Waals surface area contributed by atoms with Crippen molar-refractivity contribution in [3.05, 3.63) is 5.82 Å². The maximum Gasteiger partial charge on any atom is 0.175 e. The first-order valence-electron chi connectivity index (χ1n) is 6.92. The second kappa shape index (κ2) is 5.34. The van der Waals surface area contributed by atoms with E-state index in [0.29, 0.717) is 5.92 Å². The second-order valence-corrected chi connectivity index (χ2v) is 6.48. The Kier molecular flexibility index (Phi) is 4.00. The Hall–Kier alpha value is -0.970. The monoisotopic (exact) mass is 251 g/mol. The van der Waals surface area contributed by atoms with Crippen LogP contribution in [0.2, 0.25) is 0 Å². The third-order valence-corrected chi connectivity index (χ3v) is 3.71. The number of nitrogens with zero attached hydrogens (tertiary/aromatic N) is 4. The van der Waals surface area contributed by atoms with Gasteiger partial charge in [0.25, 0.3) is 0 Å². The number of rotatable bonds is 4. The van der Waals surface area contributed by atoms with Gasteiger partial charge in [0.15, 0.2) is 5.82 Å². The summed E-state index contributed by atoms with van der Waals surface area (Å²) in [5, 5.41) is 15.9. The van der Waals surface area contributed by atoms with Gasteiger partial charge in [0.2, 0.25) is 0 Å². The molecular formula is C13H25N5. The largest absolute Gasteiger partial charge is 0.312 e. The van der Waals surface area contributed by atoms with Crippen LogP contribution in [-0.4, -0.2) is 32.3 Å². The van der Waals surface area contributed by atoms with Crippen molar-refractivity contribution < 1.29 is 0 Å². The highest BCUT2D eigenvalue weighted by atomic mass is 15.6. The minimum Gasteiger partial charge on any atom is -0.312 e. The molecule has 1 fully saturated rings. The fourth-order valence-corrected chi connectivity index (χ4v) is 2.73. The summed E-state index contributed by atoms with van der Waals surface area (Å²) in [5.74, 6) is 2.36. The third-order valence-electron chi connectivity index (χ3n) is 3.71. The van der Waals surface area contributed by atoms with Gasteiger partial charge in [0, 0.05) is 12.0 Å². The lowest BCUT2D eigenvalue weighted by molar-refractivity contribution is 0.314. The molecule has 0 spiro atoms. The molecule has 1 N–H and O–H groups in total. The molecule has 5 nitrogen and oxygen atoms in total. The molecular weight excluding hydrogens is 226 g/mol. The van der Waals surface area contributed by atoms with E-state index in [1.54, 1.807) is 4.80 Å². The van der Waals surface area contributed by atoms with Crippen molar-refractivity contribution >= 4 is 0 Å². The summed E-state index contributed by atoms with van der Waals surface area (Å²) in [6.07, 6.45) is 4.94. The molecule has 1 aliphatic rings. The Morgan fingerprint density at radius 3 is 2.61 bits per heavy atom. The summed E-state index contributed by atoms with van der Waals surface area (Å²) in [5.41, 5.74) is 0.206. The van der Waals surface area contributed by atoms with Gasteiger partial charge in [-0.25, -0.2) is 0 Å². The molecule has 1 aromatic rings. The van der Waals surface area contributed by atoms with Crippen LogP contribution < -0.4 is 5.32 Å². The predicted octanol–water partition coefficient (Wildman–Crippen LogP) is 1.56. The van der Waals surface area contributed by atoms with Gasteiger partial charge >= 0.3 is 0 Å². The van der Waals surface area contributed by atoms with Gasteiger partial charge in [-0.05, 0) is 57.2 Å². The van der Waals surface area contributed by atoms with Gasteiger partial charge < -0.3 is 5.32 Å². The Morgan fingerprint density at radius 2 is 2.00 bits per heavy atom. The van der Waals surface area contributed by atoms with E-state index in [2.05, 4.69) is 41.5 Å². The van der Waals surface area contributed by atoms with E-state index in [1.807, 2.05) is 7.05 Å². The quantitative estimate of drug-likeness (QED) is 0.882. The predicted molar refractivity (Wildman–Crippen MR) is 71.1 cm³/mol. The highest BCUT2D eigenvalue weighted by Crippen LogP contribution is 2.33. The molecule has 18 heavy (non-hydrogen) atoms. The highest BCUT2D eigenvalue weighted by molar-refractivity contribution is 4.89. The summed E-state index contributed by atoms with van der Waals surface area (Å²) < 4.78 is 0. The minimum absolute atomic E-state index is 0.206. The molecule has 0 amide bonds. The average Bonchev–Trinajstić information content (AvgIpc) is 2.85. The van der Waals surface area contributed by atoms with Crippen molar-refractivity contribution in [1.82, 2.24) is 25.5 Å². The topological polar surface area (TPSA) is 55.6 Å². The van der Waals surface area contributed by atoms with Crippen molar-refractivity contribution in [2.24, 2.45) is 18.9 Å². The first-order valence-corrected chi connectivity index (χ1v) is 6.92. The Morgan fingerprint density at radius 1 is 1.28 bits per heavy atom. The summed E-state index contributed by atoms with van der Waals surface area (Å²) in [4.78, 5) is 1.55. The molecule has 102 valence electrons. The molecule has 5 heteroatoms. The van der Waals surface area contributed by atoms with E-state index >= 15 is 0 Å². The molecule has 0 aliphatic heterocycles. The Labute approximate surface area is 109 Å². The van der Waals surface area contributed by atoms with Gasteiger partial charge in [-0.1, -0.05) is 6.42 Å². The van der Waals surface area contributed by atoms with E-state index in [1.165, 1.54) is 19.3 Å². The van der Waals surface area contributed by atoms with E-state index in [-0.39, 0.29) is 5.54 Å². The SMILES string of the molecule is Cn1nnc(CC2CCCC2CNC(C)(C)C)n1. The van der Waals surface area contributed by atoms with Crippen molar-refractivity contribution in [2.75, 3.05) is 6.54 Å². The van der Waals surface area contributed by atoms with Crippen molar-refractivity contribution in [3.8, 4) is 0 Å². The molecule has 2 atom stereocenters. The standard InChI is InChI=1S/C13H25N5/c1-13(2,3)14-9-11-7-5-6-10(11)8-12-15-17-18(4)16-12/h10-11,14H,5-9H2,1-4H3. The Balaban J connectivity index is 1.87.